The van der Waals surface area contributed by atoms with Crippen LogP contribution in [0.15, 0.2) is 43.0 Å². The number of hydrogen-bond donors (Lipinski definition) is 0. The molecule has 0 radical (unpaired) electrons. The highest BCUT2D eigenvalue weighted by Gasteiger charge is 2.54. The predicted molar refractivity (Wildman–Crippen MR) is 128 cm³/mol. The fourth-order valence-corrected chi connectivity index (χ4v) is 4.28. The standard InChI is InChI=1S/C25H26N4O9/c1-13(30)34-10-18(35-14(2)31)21-22(36-15(3)32)23(37-16(4)33)25(38-21)29-12-28-20-19(26-11-27-24(20)29)17-8-6-5-7-9-17/h5-9,11-12,18,21-23,25H,10H2,1-4H3/t18-,21-,22-,23-,25-/m1/s1. The summed E-state index contributed by atoms with van der Waals surface area (Å²) in [5.74, 6) is -2.68. The van der Waals surface area contributed by atoms with E-state index in [4.69, 9.17) is 23.7 Å². The van der Waals surface area contributed by atoms with Crippen LogP contribution in [-0.4, -0.2) is 74.4 Å². The number of imidazole rings is 1. The van der Waals surface area contributed by atoms with Crippen LogP contribution in [0, 0.1) is 0 Å². The lowest BCUT2D eigenvalue weighted by atomic mass is 10.0. The first-order valence-electron chi connectivity index (χ1n) is 11.7. The number of carbonyl (C=O) groups is 4. The SMILES string of the molecule is CC(=O)OC[C@@H](OC(C)=O)[C@H]1O[C@@H](n2cnc3c(-c4ccccc4)ncnc32)[C@H](OC(C)=O)[C@@H]1OC(C)=O. The zero-order valence-corrected chi connectivity index (χ0v) is 21.1. The van der Waals surface area contributed by atoms with Gasteiger partial charge in [0.25, 0.3) is 0 Å². The molecule has 0 aliphatic carbocycles. The van der Waals surface area contributed by atoms with Gasteiger partial charge < -0.3 is 23.7 Å². The second kappa shape index (κ2) is 11.3. The van der Waals surface area contributed by atoms with Gasteiger partial charge in [-0.3, -0.25) is 23.7 Å². The van der Waals surface area contributed by atoms with E-state index in [1.54, 1.807) is 0 Å². The second-order valence-corrected chi connectivity index (χ2v) is 8.50. The monoisotopic (exact) mass is 526 g/mol. The highest BCUT2D eigenvalue weighted by Crippen LogP contribution is 2.38. The van der Waals surface area contributed by atoms with Crippen molar-refractivity contribution >= 4 is 35.0 Å². The minimum atomic E-state index is -1.23. The molecule has 1 saturated heterocycles. The summed E-state index contributed by atoms with van der Waals surface area (Å²) in [7, 11) is 0. The van der Waals surface area contributed by atoms with Crippen molar-refractivity contribution in [2.45, 2.75) is 58.3 Å². The Morgan fingerprint density at radius 3 is 2.21 bits per heavy atom. The number of ether oxygens (including phenoxy) is 5. The molecule has 3 aromatic rings. The Morgan fingerprint density at radius 1 is 0.895 bits per heavy atom. The van der Waals surface area contributed by atoms with Crippen LogP contribution in [-0.2, 0) is 42.9 Å². The van der Waals surface area contributed by atoms with Gasteiger partial charge in [0.1, 0.15) is 30.2 Å². The molecule has 0 bridgehead atoms. The molecule has 2 aromatic heterocycles. The number of carbonyl (C=O) groups excluding carboxylic acids is 4. The zero-order valence-electron chi connectivity index (χ0n) is 21.1. The summed E-state index contributed by atoms with van der Waals surface area (Å²) >= 11 is 0. The lowest BCUT2D eigenvalue weighted by Crippen LogP contribution is -2.46. The lowest BCUT2D eigenvalue weighted by Gasteiger charge is -2.27. The lowest BCUT2D eigenvalue weighted by molar-refractivity contribution is -0.177. The quantitative estimate of drug-likeness (QED) is 0.310. The minimum Gasteiger partial charge on any atom is -0.462 e. The highest BCUT2D eigenvalue weighted by molar-refractivity contribution is 5.87. The Balaban J connectivity index is 1.79. The molecule has 4 rings (SSSR count). The Labute approximate surface area is 217 Å². The van der Waals surface area contributed by atoms with Crippen molar-refractivity contribution in [3.63, 3.8) is 0 Å². The topological polar surface area (TPSA) is 158 Å². The summed E-state index contributed by atoms with van der Waals surface area (Å²) in [6.45, 7) is 4.34. The normalized spacial score (nSPS) is 21.5. The van der Waals surface area contributed by atoms with Crippen LogP contribution in [0.1, 0.15) is 33.9 Å². The van der Waals surface area contributed by atoms with Gasteiger partial charge in [-0.1, -0.05) is 30.3 Å². The summed E-state index contributed by atoms with van der Waals surface area (Å²) in [5, 5.41) is 0. The van der Waals surface area contributed by atoms with Crippen molar-refractivity contribution in [1.29, 1.82) is 0 Å². The third-order valence-corrected chi connectivity index (χ3v) is 5.64. The van der Waals surface area contributed by atoms with E-state index in [1.807, 2.05) is 30.3 Å². The fourth-order valence-electron chi connectivity index (χ4n) is 4.28. The first kappa shape index (κ1) is 26.7. The Morgan fingerprint density at radius 2 is 1.58 bits per heavy atom. The number of hydrogen-bond acceptors (Lipinski definition) is 12. The van der Waals surface area contributed by atoms with Gasteiger partial charge in [0.15, 0.2) is 30.2 Å². The van der Waals surface area contributed by atoms with Crippen molar-refractivity contribution in [2.75, 3.05) is 6.61 Å². The van der Waals surface area contributed by atoms with E-state index >= 15 is 0 Å². The average molecular weight is 527 g/mol. The van der Waals surface area contributed by atoms with Crippen LogP contribution < -0.4 is 0 Å². The van der Waals surface area contributed by atoms with Gasteiger partial charge in [-0.15, -0.1) is 0 Å². The summed E-state index contributed by atoms with van der Waals surface area (Å²) in [5.41, 5.74) is 2.18. The number of esters is 4. The molecule has 13 nitrogen and oxygen atoms in total. The van der Waals surface area contributed by atoms with Gasteiger partial charge >= 0.3 is 23.9 Å². The second-order valence-electron chi connectivity index (χ2n) is 8.50. The number of benzene rings is 1. The number of rotatable bonds is 8. The van der Waals surface area contributed by atoms with Crippen LogP contribution in [0.4, 0.5) is 0 Å². The maximum Gasteiger partial charge on any atom is 0.303 e. The molecular weight excluding hydrogens is 500 g/mol. The summed E-state index contributed by atoms with van der Waals surface area (Å²) < 4.78 is 29.2. The summed E-state index contributed by atoms with van der Waals surface area (Å²) in [6, 6.07) is 9.36. The van der Waals surface area contributed by atoms with Gasteiger partial charge in [0.05, 0.1) is 6.33 Å². The molecule has 13 heteroatoms. The van der Waals surface area contributed by atoms with Crippen molar-refractivity contribution in [1.82, 2.24) is 19.5 Å². The third-order valence-electron chi connectivity index (χ3n) is 5.64. The molecule has 1 aliphatic heterocycles. The van der Waals surface area contributed by atoms with Crippen molar-refractivity contribution in [2.24, 2.45) is 0 Å². The fraction of sp³-hybridized carbons (Fsp3) is 0.400. The van der Waals surface area contributed by atoms with Gasteiger partial charge in [-0.05, 0) is 0 Å². The number of nitrogens with zero attached hydrogens (tertiary/aromatic N) is 4. The van der Waals surface area contributed by atoms with Crippen molar-refractivity contribution in [3.8, 4) is 11.3 Å². The van der Waals surface area contributed by atoms with E-state index in [9.17, 15) is 19.2 Å². The largest absolute Gasteiger partial charge is 0.462 e. The maximum atomic E-state index is 12.1. The molecular formula is C25H26N4O9. The maximum absolute atomic E-state index is 12.1. The summed E-state index contributed by atoms with van der Waals surface area (Å²) in [4.78, 5) is 60.7. The van der Waals surface area contributed by atoms with E-state index in [2.05, 4.69) is 15.0 Å². The highest BCUT2D eigenvalue weighted by atomic mass is 16.7. The van der Waals surface area contributed by atoms with Gasteiger partial charge in [-0.2, -0.15) is 0 Å². The summed E-state index contributed by atoms with van der Waals surface area (Å²) in [6.07, 6.45) is -3.09. The Kier molecular flexibility index (Phi) is 7.96. The van der Waals surface area contributed by atoms with Crippen LogP contribution in [0.2, 0.25) is 0 Å². The molecule has 5 atom stereocenters. The van der Waals surface area contributed by atoms with Crippen LogP contribution in [0.5, 0.6) is 0 Å². The van der Waals surface area contributed by atoms with E-state index in [0.717, 1.165) is 5.56 Å². The number of aromatic nitrogens is 4. The Hall–Kier alpha value is -4.39. The molecule has 1 aromatic carbocycles. The predicted octanol–water partition coefficient (Wildman–Crippen LogP) is 1.75. The van der Waals surface area contributed by atoms with E-state index < -0.39 is 54.5 Å². The molecule has 3 heterocycles. The van der Waals surface area contributed by atoms with Crippen LogP contribution in [0.25, 0.3) is 22.4 Å². The minimum absolute atomic E-state index is 0.354. The first-order valence-corrected chi connectivity index (χ1v) is 11.7. The molecule has 0 saturated carbocycles. The van der Waals surface area contributed by atoms with Crippen LogP contribution >= 0.6 is 0 Å². The molecule has 38 heavy (non-hydrogen) atoms. The van der Waals surface area contributed by atoms with E-state index in [1.165, 1.54) is 44.9 Å². The molecule has 1 aliphatic rings. The average Bonchev–Trinajstić information content (AvgIpc) is 3.43. The molecule has 0 unspecified atom stereocenters. The van der Waals surface area contributed by atoms with Crippen molar-refractivity contribution < 1.29 is 42.9 Å². The molecule has 0 amide bonds. The molecule has 1 fully saturated rings. The van der Waals surface area contributed by atoms with Gasteiger partial charge in [-0.25, -0.2) is 15.0 Å². The van der Waals surface area contributed by atoms with E-state index in [0.29, 0.717) is 16.9 Å². The van der Waals surface area contributed by atoms with Crippen molar-refractivity contribution in [3.05, 3.63) is 43.0 Å². The first-order chi connectivity index (χ1) is 18.2. The molecule has 0 spiro atoms. The smallest absolute Gasteiger partial charge is 0.303 e. The van der Waals surface area contributed by atoms with Crippen LogP contribution in [0.3, 0.4) is 0 Å². The third kappa shape index (κ3) is 5.78. The molecule has 0 N–H and O–H groups in total. The van der Waals surface area contributed by atoms with Gasteiger partial charge in [0.2, 0.25) is 0 Å². The number of fused-ring (bicyclic) bond motifs is 1. The van der Waals surface area contributed by atoms with E-state index in [-0.39, 0.29) is 6.61 Å². The Bertz CT molecular complexity index is 1340. The molecule has 200 valence electrons. The zero-order chi connectivity index (χ0) is 27.4. The van der Waals surface area contributed by atoms with Gasteiger partial charge in [0, 0.05) is 33.3 Å².